The Hall–Kier alpha value is -2.06. The Kier molecular flexibility index (Phi) is 3.57. The Morgan fingerprint density at radius 1 is 1.30 bits per heavy atom. The standard InChI is InChI=1S/C12H15N5O3/c1-18-7-5-9(13-6-7)12-14-11(17-20-12)8-3-4-10(19-2)16-15-8/h3-4,7,9,13H,5-6H2,1-2H3/t7-,9+/m0/s1. The van der Waals surface area contributed by atoms with Gasteiger partial charge in [0.05, 0.1) is 19.3 Å². The molecule has 0 aromatic carbocycles. The molecule has 1 aliphatic rings. The number of nitrogens with one attached hydrogen (secondary N) is 1. The molecule has 1 N–H and O–H groups in total. The third-order valence-corrected chi connectivity index (χ3v) is 3.24. The van der Waals surface area contributed by atoms with Gasteiger partial charge in [-0.3, -0.25) is 0 Å². The maximum atomic E-state index is 5.29. The van der Waals surface area contributed by atoms with Crippen molar-refractivity contribution >= 4 is 0 Å². The van der Waals surface area contributed by atoms with Gasteiger partial charge in [-0.2, -0.15) is 4.98 Å². The van der Waals surface area contributed by atoms with Gasteiger partial charge in [-0.15, -0.1) is 10.2 Å². The van der Waals surface area contributed by atoms with Gasteiger partial charge in [-0.25, -0.2) is 0 Å². The molecule has 0 spiro atoms. The van der Waals surface area contributed by atoms with E-state index >= 15 is 0 Å². The highest BCUT2D eigenvalue weighted by Gasteiger charge is 2.29. The molecule has 20 heavy (non-hydrogen) atoms. The normalized spacial score (nSPS) is 22.1. The molecule has 3 rings (SSSR count). The second-order valence-corrected chi connectivity index (χ2v) is 4.47. The second-order valence-electron chi connectivity index (χ2n) is 4.47. The number of methoxy groups -OCH3 is 2. The number of nitrogens with zero attached hydrogens (tertiary/aromatic N) is 4. The first-order chi connectivity index (χ1) is 9.80. The molecule has 0 saturated carbocycles. The summed E-state index contributed by atoms with van der Waals surface area (Å²) < 4.78 is 15.5. The monoisotopic (exact) mass is 277 g/mol. The van der Waals surface area contributed by atoms with Crippen molar-refractivity contribution in [1.29, 1.82) is 0 Å². The predicted molar refractivity (Wildman–Crippen MR) is 68.0 cm³/mol. The highest BCUT2D eigenvalue weighted by atomic mass is 16.5. The minimum Gasteiger partial charge on any atom is -0.480 e. The smallest absolute Gasteiger partial charge is 0.244 e. The summed E-state index contributed by atoms with van der Waals surface area (Å²) in [5.41, 5.74) is 0.544. The van der Waals surface area contributed by atoms with Crippen molar-refractivity contribution in [2.75, 3.05) is 20.8 Å². The Labute approximate surface area is 115 Å². The van der Waals surface area contributed by atoms with E-state index in [0.717, 1.165) is 13.0 Å². The van der Waals surface area contributed by atoms with Gasteiger partial charge in [0.15, 0.2) is 0 Å². The summed E-state index contributed by atoms with van der Waals surface area (Å²) in [5.74, 6) is 1.40. The molecule has 8 heteroatoms. The number of aromatic nitrogens is 4. The second kappa shape index (κ2) is 5.51. The largest absolute Gasteiger partial charge is 0.480 e. The summed E-state index contributed by atoms with van der Waals surface area (Å²) in [7, 11) is 3.23. The van der Waals surface area contributed by atoms with Gasteiger partial charge in [-0.05, 0) is 12.5 Å². The van der Waals surface area contributed by atoms with Crippen LogP contribution in [0.4, 0.5) is 0 Å². The van der Waals surface area contributed by atoms with E-state index in [4.69, 9.17) is 14.0 Å². The van der Waals surface area contributed by atoms with Crippen LogP contribution >= 0.6 is 0 Å². The lowest BCUT2D eigenvalue weighted by Gasteiger charge is -2.04. The lowest BCUT2D eigenvalue weighted by molar-refractivity contribution is 0.116. The molecule has 2 aromatic rings. The summed E-state index contributed by atoms with van der Waals surface area (Å²) in [4.78, 5) is 4.35. The van der Waals surface area contributed by atoms with Gasteiger partial charge in [0.2, 0.25) is 17.6 Å². The first-order valence-electron chi connectivity index (χ1n) is 6.28. The topological polar surface area (TPSA) is 95.2 Å². The summed E-state index contributed by atoms with van der Waals surface area (Å²) in [6.45, 7) is 0.779. The van der Waals surface area contributed by atoms with Crippen molar-refractivity contribution in [2.45, 2.75) is 18.6 Å². The minimum absolute atomic E-state index is 0.0207. The van der Waals surface area contributed by atoms with Crippen LogP contribution in [0.25, 0.3) is 11.5 Å². The first-order valence-corrected chi connectivity index (χ1v) is 6.28. The Morgan fingerprint density at radius 2 is 2.20 bits per heavy atom. The summed E-state index contributed by atoms with van der Waals surface area (Å²) in [6.07, 6.45) is 0.989. The molecule has 106 valence electrons. The minimum atomic E-state index is 0.0207. The van der Waals surface area contributed by atoms with Crippen LogP contribution in [0.5, 0.6) is 5.88 Å². The van der Waals surface area contributed by atoms with E-state index in [2.05, 4.69) is 25.7 Å². The average molecular weight is 277 g/mol. The van der Waals surface area contributed by atoms with Crippen molar-refractivity contribution in [3.05, 3.63) is 18.0 Å². The summed E-state index contributed by atoms with van der Waals surface area (Å²) >= 11 is 0. The molecule has 0 bridgehead atoms. The highest BCUT2D eigenvalue weighted by Crippen LogP contribution is 2.25. The highest BCUT2D eigenvalue weighted by molar-refractivity contribution is 5.47. The maximum Gasteiger partial charge on any atom is 0.244 e. The molecular formula is C12H15N5O3. The number of ether oxygens (including phenoxy) is 2. The van der Waals surface area contributed by atoms with Crippen LogP contribution in [-0.2, 0) is 4.74 Å². The molecular weight excluding hydrogens is 262 g/mol. The molecule has 1 saturated heterocycles. The fourth-order valence-electron chi connectivity index (χ4n) is 2.10. The lowest BCUT2D eigenvalue weighted by Crippen LogP contribution is -2.16. The van der Waals surface area contributed by atoms with Crippen LogP contribution in [0.15, 0.2) is 16.7 Å². The summed E-state index contributed by atoms with van der Waals surface area (Å²) in [6, 6.07) is 3.46. The third kappa shape index (κ3) is 2.47. The number of hydrogen-bond acceptors (Lipinski definition) is 8. The zero-order valence-corrected chi connectivity index (χ0v) is 11.2. The van der Waals surface area contributed by atoms with Crippen molar-refractivity contribution in [2.24, 2.45) is 0 Å². The van der Waals surface area contributed by atoms with E-state index < -0.39 is 0 Å². The molecule has 2 aromatic heterocycles. The zero-order chi connectivity index (χ0) is 13.9. The Balaban J connectivity index is 1.76. The van der Waals surface area contributed by atoms with Crippen LogP contribution in [0, 0.1) is 0 Å². The Morgan fingerprint density at radius 3 is 2.85 bits per heavy atom. The van der Waals surface area contributed by atoms with Gasteiger partial charge < -0.3 is 19.3 Å². The number of rotatable bonds is 4. The van der Waals surface area contributed by atoms with Crippen LogP contribution < -0.4 is 10.1 Å². The van der Waals surface area contributed by atoms with Crippen LogP contribution in [0.1, 0.15) is 18.4 Å². The van der Waals surface area contributed by atoms with Crippen molar-refractivity contribution in [3.63, 3.8) is 0 Å². The molecule has 1 fully saturated rings. The molecule has 2 atom stereocenters. The molecule has 8 nitrogen and oxygen atoms in total. The fraction of sp³-hybridized carbons (Fsp3) is 0.500. The molecule has 0 amide bonds. The van der Waals surface area contributed by atoms with E-state index in [1.54, 1.807) is 19.2 Å². The van der Waals surface area contributed by atoms with E-state index in [1.165, 1.54) is 7.11 Å². The van der Waals surface area contributed by atoms with E-state index in [9.17, 15) is 0 Å². The Bertz CT molecular complexity index is 571. The van der Waals surface area contributed by atoms with Crippen LogP contribution in [0.3, 0.4) is 0 Å². The molecule has 3 heterocycles. The van der Waals surface area contributed by atoms with Gasteiger partial charge in [0, 0.05) is 19.7 Å². The molecule has 1 aliphatic heterocycles. The fourth-order valence-corrected chi connectivity index (χ4v) is 2.10. The lowest BCUT2D eigenvalue weighted by atomic mass is 10.2. The van der Waals surface area contributed by atoms with E-state index in [1.807, 2.05) is 0 Å². The quantitative estimate of drug-likeness (QED) is 0.867. The summed E-state index contributed by atoms with van der Waals surface area (Å²) in [5, 5.41) is 15.1. The third-order valence-electron chi connectivity index (χ3n) is 3.24. The van der Waals surface area contributed by atoms with E-state index in [-0.39, 0.29) is 12.1 Å². The van der Waals surface area contributed by atoms with Crippen molar-refractivity contribution in [1.82, 2.24) is 25.7 Å². The predicted octanol–water partition coefficient (Wildman–Crippen LogP) is 0.585. The van der Waals surface area contributed by atoms with Gasteiger partial charge in [-0.1, -0.05) is 5.16 Å². The van der Waals surface area contributed by atoms with Crippen molar-refractivity contribution < 1.29 is 14.0 Å². The first kappa shape index (κ1) is 12.9. The zero-order valence-electron chi connectivity index (χ0n) is 11.2. The number of hydrogen-bond donors (Lipinski definition) is 1. The van der Waals surface area contributed by atoms with Gasteiger partial charge in [0.25, 0.3) is 0 Å². The van der Waals surface area contributed by atoms with Crippen molar-refractivity contribution in [3.8, 4) is 17.4 Å². The van der Waals surface area contributed by atoms with Crippen LogP contribution in [-0.4, -0.2) is 47.2 Å². The van der Waals surface area contributed by atoms with Crippen LogP contribution in [0.2, 0.25) is 0 Å². The average Bonchev–Trinajstić information content (AvgIpc) is 3.16. The molecule has 0 aliphatic carbocycles. The SMILES string of the molecule is COc1ccc(-c2noc([C@H]3C[C@H](OC)CN3)n2)nn1. The maximum absolute atomic E-state index is 5.29. The molecule has 0 unspecified atom stereocenters. The van der Waals surface area contributed by atoms with Gasteiger partial charge >= 0.3 is 0 Å². The van der Waals surface area contributed by atoms with E-state index in [0.29, 0.717) is 23.3 Å². The van der Waals surface area contributed by atoms with Gasteiger partial charge in [0.1, 0.15) is 5.69 Å². The molecule has 0 radical (unpaired) electrons.